The molecule has 0 bridgehead atoms. The Morgan fingerprint density at radius 1 is 1.25 bits per heavy atom. The lowest BCUT2D eigenvalue weighted by Crippen LogP contribution is -2.33. The molecule has 20 heavy (non-hydrogen) atoms. The monoisotopic (exact) mass is 286 g/mol. The smallest absolute Gasteiger partial charge is 0.0746 e. The molecule has 1 saturated carbocycles. The average Bonchev–Trinajstić information content (AvgIpc) is 2.93. The molecule has 106 valence electrons. The molecule has 1 aliphatic rings. The Morgan fingerprint density at radius 3 is 3.05 bits per heavy atom. The van der Waals surface area contributed by atoms with Gasteiger partial charge >= 0.3 is 0 Å². The van der Waals surface area contributed by atoms with Gasteiger partial charge in [0.1, 0.15) is 0 Å². The van der Waals surface area contributed by atoms with E-state index < -0.39 is 0 Å². The van der Waals surface area contributed by atoms with Crippen molar-refractivity contribution >= 4 is 22.7 Å². The van der Waals surface area contributed by atoms with E-state index in [9.17, 15) is 0 Å². The molecule has 1 aliphatic carbocycles. The SMILES string of the molecule is CCSC1CCCC1NCc1cccc2cccnc12. The number of nitrogens with one attached hydrogen (secondary N) is 1. The zero-order valence-corrected chi connectivity index (χ0v) is 12.8. The molecule has 3 rings (SSSR count). The Kier molecular flexibility index (Phi) is 4.58. The van der Waals surface area contributed by atoms with Gasteiger partial charge in [-0.1, -0.05) is 37.6 Å². The first kappa shape index (κ1) is 13.9. The van der Waals surface area contributed by atoms with Crippen LogP contribution in [0.1, 0.15) is 31.7 Å². The third kappa shape index (κ3) is 2.99. The average molecular weight is 286 g/mol. The number of pyridine rings is 1. The van der Waals surface area contributed by atoms with Crippen LogP contribution in [0.15, 0.2) is 36.5 Å². The molecule has 0 saturated heterocycles. The number of para-hydroxylation sites is 1. The van der Waals surface area contributed by atoms with E-state index in [1.165, 1.54) is 36.0 Å². The quantitative estimate of drug-likeness (QED) is 0.899. The van der Waals surface area contributed by atoms with E-state index in [-0.39, 0.29) is 0 Å². The van der Waals surface area contributed by atoms with Gasteiger partial charge in [0.2, 0.25) is 0 Å². The molecule has 3 heteroatoms. The Balaban J connectivity index is 1.71. The van der Waals surface area contributed by atoms with Crippen LogP contribution in [-0.4, -0.2) is 22.0 Å². The second-order valence-electron chi connectivity index (χ2n) is 5.40. The van der Waals surface area contributed by atoms with Crippen LogP contribution in [0.3, 0.4) is 0 Å². The molecular weight excluding hydrogens is 264 g/mol. The van der Waals surface area contributed by atoms with Crippen LogP contribution in [0.2, 0.25) is 0 Å². The summed E-state index contributed by atoms with van der Waals surface area (Å²) in [6.07, 6.45) is 5.93. The minimum atomic E-state index is 0.666. The van der Waals surface area contributed by atoms with Crippen molar-refractivity contribution < 1.29 is 0 Å². The van der Waals surface area contributed by atoms with Gasteiger partial charge < -0.3 is 5.32 Å². The number of hydrogen-bond donors (Lipinski definition) is 1. The fourth-order valence-corrected chi connectivity index (χ4v) is 4.35. The maximum atomic E-state index is 4.54. The Bertz CT molecular complexity index is 564. The molecule has 1 heterocycles. The molecular formula is C17H22N2S. The van der Waals surface area contributed by atoms with E-state index in [0.29, 0.717) is 6.04 Å². The molecule has 2 aromatic rings. The van der Waals surface area contributed by atoms with Gasteiger partial charge in [0.05, 0.1) is 5.52 Å². The van der Waals surface area contributed by atoms with Gasteiger partial charge in [0.15, 0.2) is 0 Å². The highest BCUT2D eigenvalue weighted by Gasteiger charge is 2.26. The summed E-state index contributed by atoms with van der Waals surface area (Å²) in [6, 6.07) is 11.3. The van der Waals surface area contributed by atoms with Gasteiger partial charge in [0, 0.05) is 29.4 Å². The highest BCUT2D eigenvalue weighted by atomic mass is 32.2. The van der Waals surface area contributed by atoms with Crippen molar-refractivity contribution in [2.45, 2.75) is 44.0 Å². The number of thioether (sulfide) groups is 1. The van der Waals surface area contributed by atoms with Crippen LogP contribution in [0, 0.1) is 0 Å². The summed E-state index contributed by atoms with van der Waals surface area (Å²) in [6.45, 7) is 3.19. The number of nitrogens with zero attached hydrogens (tertiary/aromatic N) is 1. The summed E-state index contributed by atoms with van der Waals surface area (Å²) in [5, 5.41) is 5.79. The third-order valence-corrected chi connectivity index (χ3v) is 5.43. The van der Waals surface area contributed by atoms with Gasteiger partial charge in [-0.2, -0.15) is 11.8 Å². The first-order valence-corrected chi connectivity index (χ1v) is 8.61. The van der Waals surface area contributed by atoms with Gasteiger partial charge in [-0.25, -0.2) is 0 Å². The topological polar surface area (TPSA) is 24.9 Å². The van der Waals surface area contributed by atoms with Crippen molar-refractivity contribution in [2.75, 3.05) is 5.75 Å². The largest absolute Gasteiger partial charge is 0.309 e. The minimum absolute atomic E-state index is 0.666. The van der Waals surface area contributed by atoms with Crippen molar-refractivity contribution in [3.05, 3.63) is 42.1 Å². The summed E-state index contributed by atoms with van der Waals surface area (Å²) in [5.74, 6) is 1.22. The molecule has 1 N–H and O–H groups in total. The lowest BCUT2D eigenvalue weighted by atomic mass is 10.1. The van der Waals surface area contributed by atoms with Gasteiger partial charge in [0.25, 0.3) is 0 Å². The second kappa shape index (κ2) is 6.59. The number of fused-ring (bicyclic) bond motifs is 1. The van der Waals surface area contributed by atoms with E-state index in [2.05, 4.69) is 53.3 Å². The standard InChI is InChI=1S/C17H22N2S/c1-2-20-16-10-4-9-15(16)19-12-14-7-3-6-13-8-5-11-18-17(13)14/h3,5-8,11,15-16,19H,2,4,9-10,12H2,1H3. The number of benzene rings is 1. The highest BCUT2D eigenvalue weighted by molar-refractivity contribution is 7.99. The van der Waals surface area contributed by atoms with E-state index in [0.717, 1.165) is 17.3 Å². The normalized spacial score (nSPS) is 22.4. The first-order valence-electron chi connectivity index (χ1n) is 7.56. The van der Waals surface area contributed by atoms with Crippen molar-refractivity contribution in [2.24, 2.45) is 0 Å². The summed E-state index contributed by atoms with van der Waals surface area (Å²) < 4.78 is 0. The van der Waals surface area contributed by atoms with Crippen LogP contribution in [-0.2, 0) is 6.54 Å². The summed E-state index contributed by atoms with van der Waals surface area (Å²) in [4.78, 5) is 4.54. The first-order chi connectivity index (χ1) is 9.88. The Labute approximate surface area is 125 Å². The van der Waals surface area contributed by atoms with Crippen molar-refractivity contribution in [1.29, 1.82) is 0 Å². The Morgan fingerprint density at radius 2 is 2.15 bits per heavy atom. The van der Waals surface area contributed by atoms with Gasteiger partial charge in [-0.05, 0) is 30.2 Å². The summed E-state index contributed by atoms with van der Waals surface area (Å²) in [7, 11) is 0. The van der Waals surface area contributed by atoms with E-state index in [1.54, 1.807) is 0 Å². The minimum Gasteiger partial charge on any atom is -0.309 e. The highest BCUT2D eigenvalue weighted by Crippen LogP contribution is 2.30. The molecule has 2 nitrogen and oxygen atoms in total. The van der Waals surface area contributed by atoms with Crippen LogP contribution >= 0.6 is 11.8 Å². The van der Waals surface area contributed by atoms with Crippen molar-refractivity contribution in [3.63, 3.8) is 0 Å². The molecule has 2 unspecified atom stereocenters. The zero-order valence-electron chi connectivity index (χ0n) is 12.0. The van der Waals surface area contributed by atoms with Crippen LogP contribution in [0.4, 0.5) is 0 Å². The Hall–Kier alpha value is -1.06. The summed E-state index contributed by atoms with van der Waals surface area (Å²) in [5.41, 5.74) is 2.45. The van der Waals surface area contributed by atoms with Crippen LogP contribution in [0.5, 0.6) is 0 Å². The van der Waals surface area contributed by atoms with E-state index >= 15 is 0 Å². The third-order valence-electron chi connectivity index (χ3n) is 4.10. The van der Waals surface area contributed by atoms with E-state index in [4.69, 9.17) is 0 Å². The predicted octanol–water partition coefficient (Wildman–Crippen LogP) is 4.00. The van der Waals surface area contributed by atoms with Gasteiger partial charge in [-0.3, -0.25) is 4.98 Å². The molecule has 0 amide bonds. The number of rotatable bonds is 5. The zero-order chi connectivity index (χ0) is 13.8. The van der Waals surface area contributed by atoms with Crippen molar-refractivity contribution in [1.82, 2.24) is 10.3 Å². The lowest BCUT2D eigenvalue weighted by Gasteiger charge is -2.20. The number of hydrogen-bond acceptors (Lipinski definition) is 3. The van der Waals surface area contributed by atoms with Crippen LogP contribution < -0.4 is 5.32 Å². The molecule has 1 fully saturated rings. The maximum Gasteiger partial charge on any atom is 0.0746 e. The summed E-state index contributed by atoms with van der Waals surface area (Å²) >= 11 is 2.11. The fraction of sp³-hybridized carbons (Fsp3) is 0.471. The molecule has 2 atom stereocenters. The molecule has 0 aliphatic heterocycles. The van der Waals surface area contributed by atoms with Crippen molar-refractivity contribution in [3.8, 4) is 0 Å². The van der Waals surface area contributed by atoms with Gasteiger partial charge in [-0.15, -0.1) is 0 Å². The van der Waals surface area contributed by atoms with E-state index in [1.807, 2.05) is 12.3 Å². The molecule has 1 aromatic heterocycles. The molecule has 1 aromatic carbocycles. The molecule has 0 spiro atoms. The lowest BCUT2D eigenvalue weighted by molar-refractivity contribution is 0.533. The maximum absolute atomic E-state index is 4.54. The number of aromatic nitrogens is 1. The second-order valence-corrected chi connectivity index (χ2v) is 6.92. The molecule has 0 radical (unpaired) electrons. The van der Waals surface area contributed by atoms with Crippen LogP contribution in [0.25, 0.3) is 10.9 Å². The predicted molar refractivity (Wildman–Crippen MR) is 88.1 cm³/mol. The fourth-order valence-electron chi connectivity index (χ4n) is 3.12.